The van der Waals surface area contributed by atoms with Crippen molar-refractivity contribution in [3.63, 3.8) is 0 Å². The molecule has 1 N–H and O–H groups in total. The van der Waals surface area contributed by atoms with Gasteiger partial charge in [0.25, 0.3) is 0 Å². The van der Waals surface area contributed by atoms with E-state index in [1.165, 1.54) is 37.2 Å². The molecule has 0 unspecified atom stereocenters. The molecule has 2 heterocycles. The molecule has 0 amide bonds. The van der Waals surface area contributed by atoms with Crippen LogP contribution in [0.4, 0.5) is 5.13 Å². The SMILES string of the molecule is O=S1(=O)C[C@@H](CNc2nc(C3CCCC3)ns2)c2ccccc21. The van der Waals surface area contributed by atoms with Gasteiger partial charge in [-0.15, -0.1) is 0 Å². The summed E-state index contributed by atoms with van der Waals surface area (Å²) >= 11 is 1.38. The summed E-state index contributed by atoms with van der Waals surface area (Å²) in [5.41, 5.74) is 0.917. The van der Waals surface area contributed by atoms with Crippen LogP contribution in [0.2, 0.25) is 0 Å². The van der Waals surface area contributed by atoms with Crippen molar-refractivity contribution in [1.82, 2.24) is 9.36 Å². The maximum absolute atomic E-state index is 12.2. The zero-order valence-electron chi connectivity index (χ0n) is 12.7. The molecule has 1 saturated carbocycles. The normalized spacial score (nSPS) is 23.0. The summed E-state index contributed by atoms with van der Waals surface area (Å²) < 4.78 is 28.9. The molecule has 1 fully saturated rings. The van der Waals surface area contributed by atoms with Crippen molar-refractivity contribution < 1.29 is 8.42 Å². The molecule has 1 atom stereocenters. The van der Waals surface area contributed by atoms with E-state index in [4.69, 9.17) is 0 Å². The fraction of sp³-hybridized carbons (Fsp3) is 0.500. The van der Waals surface area contributed by atoms with Gasteiger partial charge >= 0.3 is 0 Å². The molecule has 2 aromatic rings. The lowest BCUT2D eigenvalue weighted by Gasteiger charge is -2.10. The minimum Gasteiger partial charge on any atom is -0.360 e. The minimum absolute atomic E-state index is 0.0185. The summed E-state index contributed by atoms with van der Waals surface area (Å²) in [6.07, 6.45) is 4.90. The topological polar surface area (TPSA) is 72.0 Å². The molecule has 7 heteroatoms. The van der Waals surface area contributed by atoms with Crippen molar-refractivity contribution in [2.45, 2.75) is 42.4 Å². The van der Waals surface area contributed by atoms with Gasteiger partial charge in [0, 0.05) is 29.9 Å². The van der Waals surface area contributed by atoms with E-state index in [0.29, 0.717) is 17.4 Å². The number of sulfone groups is 1. The summed E-state index contributed by atoms with van der Waals surface area (Å²) in [5, 5.41) is 4.09. The Morgan fingerprint density at radius 1 is 1.22 bits per heavy atom. The highest BCUT2D eigenvalue weighted by atomic mass is 32.2. The molecule has 1 aliphatic heterocycles. The first-order valence-electron chi connectivity index (χ1n) is 8.02. The summed E-state index contributed by atoms with van der Waals surface area (Å²) in [6.45, 7) is 0.579. The van der Waals surface area contributed by atoms with E-state index in [1.807, 2.05) is 12.1 Å². The average molecular weight is 349 g/mol. The first-order valence-corrected chi connectivity index (χ1v) is 10.5. The quantitative estimate of drug-likeness (QED) is 0.918. The van der Waals surface area contributed by atoms with Gasteiger partial charge in [0.2, 0.25) is 5.13 Å². The van der Waals surface area contributed by atoms with E-state index >= 15 is 0 Å². The third-order valence-corrected chi connectivity index (χ3v) is 7.35. The van der Waals surface area contributed by atoms with Crippen molar-refractivity contribution in [1.29, 1.82) is 0 Å². The van der Waals surface area contributed by atoms with E-state index in [0.717, 1.165) is 16.5 Å². The predicted molar refractivity (Wildman–Crippen MR) is 90.8 cm³/mol. The maximum Gasteiger partial charge on any atom is 0.202 e. The van der Waals surface area contributed by atoms with Gasteiger partial charge < -0.3 is 5.32 Å². The van der Waals surface area contributed by atoms with Crippen LogP contribution < -0.4 is 5.32 Å². The van der Waals surface area contributed by atoms with Gasteiger partial charge in [0.1, 0.15) is 5.82 Å². The van der Waals surface area contributed by atoms with Crippen LogP contribution in [-0.2, 0) is 9.84 Å². The van der Waals surface area contributed by atoms with Crippen LogP contribution in [0.5, 0.6) is 0 Å². The number of anilines is 1. The first-order chi connectivity index (χ1) is 11.1. The number of hydrogen-bond acceptors (Lipinski definition) is 6. The van der Waals surface area contributed by atoms with Crippen LogP contribution in [0.25, 0.3) is 0 Å². The Hall–Kier alpha value is -1.47. The van der Waals surface area contributed by atoms with Crippen molar-refractivity contribution in [2.24, 2.45) is 0 Å². The van der Waals surface area contributed by atoms with E-state index in [2.05, 4.69) is 14.7 Å². The molecule has 23 heavy (non-hydrogen) atoms. The molecular weight excluding hydrogens is 330 g/mol. The molecule has 5 nitrogen and oxygen atoms in total. The molecule has 1 aliphatic carbocycles. The lowest BCUT2D eigenvalue weighted by molar-refractivity contribution is 0.598. The highest BCUT2D eigenvalue weighted by Gasteiger charge is 2.34. The zero-order chi connectivity index (χ0) is 15.9. The molecular formula is C16H19N3O2S2. The smallest absolute Gasteiger partial charge is 0.202 e. The standard InChI is InChI=1S/C16H19N3O2S2/c20-23(21)10-12(13-7-3-4-8-14(13)23)9-17-16-18-15(19-22-16)11-5-1-2-6-11/h3-4,7-8,11-12H,1-2,5-6,9-10H2,(H,17,18,19)/t12-/m1/s1. The number of nitrogens with one attached hydrogen (secondary N) is 1. The second kappa shape index (κ2) is 5.87. The lowest BCUT2D eigenvalue weighted by Crippen LogP contribution is -2.14. The number of aromatic nitrogens is 2. The molecule has 122 valence electrons. The maximum atomic E-state index is 12.2. The van der Waals surface area contributed by atoms with Crippen LogP contribution >= 0.6 is 11.5 Å². The first kappa shape index (κ1) is 15.1. The van der Waals surface area contributed by atoms with Crippen molar-refractivity contribution in [3.8, 4) is 0 Å². The zero-order valence-corrected chi connectivity index (χ0v) is 14.4. The molecule has 2 aliphatic rings. The molecule has 0 bridgehead atoms. The number of rotatable bonds is 4. The minimum atomic E-state index is -3.14. The molecule has 0 radical (unpaired) electrons. The molecule has 1 aromatic carbocycles. The second-order valence-electron chi connectivity index (χ2n) is 6.34. The van der Waals surface area contributed by atoms with Gasteiger partial charge in [-0.2, -0.15) is 4.37 Å². The Labute approximate surface area is 140 Å². The van der Waals surface area contributed by atoms with Crippen LogP contribution in [0, 0.1) is 0 Å². The highest BCUT2D eigenvalue weighted by Crippen LogP contribution is 2.36. The molecule has 0 spiro atoms. The van der Waals surface area contributed by atoms with Crippen LogP contribution in [-0.4, -0.2) is 30.1 Å². The van der Waals surface area contributed by atoms with Crippen molar-refractivity contribution in [2.75, 3.05) is 17.6 Å². The highest BCUT2D eigenvalue weighted by molar-refractivity contribution is 7.91. The van der Waals surface area contributed by atoms with E-state index in [9.17, 15) is 8.42 Å². The molecule has 4 rings (SSSR count). The van der Waals surface area contributed by atoms with Gasteiger partial charge in [-0.25, -0.2) is 13.4 Å². The van der Waals surface area contributed by atoms with Crippen LogP contribution in [0.1, 0.15) is 48.9 Å². The Balaban J connectivity index is 1.46. The van der Waals surface area contributed by atoms with Crippen molar-refractivity contribution in [3.05, 3.63) is 35.7 Å². The Kier molecular flexibility index (Phi) is 3.85. The summed E-state index contributed by atoms with van der Waals surface area (Å²) in [5.74, 6) is 1.62. The largest absolute Gasteiger partial charge is 0.360 e. The lowest BCUT2D eigenvalue weighted by atomic mass is 10.0. The third-order valence-electron chi connectivity index (χ3n) is 4.78. The van der Waals surface area contributed by atoms with Crippen LogP contribution in [0.3, 0.4) is 0 Å². The van der Waals surface area contributed by atoms with Gasteiger partial charge in [0.05, 0.1) is 10.6 Å². The number of fused-ring (bicyclic) bond motifs is 1. The van der Waals surface area contributed by atoms with Crippen molar-refractivity contribution >= 4 is 26.5 Å². The Bertz CT molecular complexity index is 810. The van der Waals surface area contributed by atoms with Crippen LogP contribution in [0.15, 0.2) is 29.2 Å². The van der Waals surface area contributed by atoms with E-state index in [1.54, 1.807) is 12.1 Å². The summed E-state index contributed by atoms with van der Waals surface area (Å²) in [4.78, 5) is 5.07. The Morgan fingerprint density at radius 3 is 2.83 bits per heavy atom. The predicted octanol–water partition coefficient (Wildman–Crippen LogP) is 3.18. The van der Waals surface area contributed by atoms with Gasteiger partial charge in [-0.1, -0.05) is 31.0 Å². The Morgan fingerprint density at radius 2 is 2.00 bits per heavy atom. The molecule has 0 saturated heterocycles. The van der Waals surface area contributed by atoms with E-state index < -0.39 is 9.84 Å². The fourth-order valence-electron chi connectivity index (χ4n) is 3.58. The fourth-order valence-corrected chi connectivity index (χ4v) is 6.12. The van der Waals surface area contributed by atoms with Gasteiger partial charge in [0.15, 0.2) is 9.84 Å². The number of benzene rings is 1. The molecule has 1 aromatic heterocycles. The number of nitrogens with zero attached hydrogens (tertiary/aromatic N) is 2. The number of hydrogen-bond donors (Lipinski definition) is 1. The van der Waals surface area contributed by atoms with Gasteiger partial charge in [-0.05, 0) is 24.5 Å². The monoisotopic (exact) mass is 349 g/mol. The third kappa shape index (κ3) is 2.87. The summed E-state index contributed by atoms with van der Waals surface area (Å²) in [6, 6.07) is 7.30. The summed E-state index contributed by atoms with van der Waals surface area (Å²) in [7, 11) is -3.14. The van der Waals surface area contributed by atoms with E-state index in [-0.39, 0.29) is 11.7 Å². The second-order valence-corrected chi connectivity index (χ2v) is 9.09. The van der Waals surface area contributed by atoms with Gasteiger partial charge in [-0.3, -0.25) is 0 Å². The average Bonchev–Trinajstić information content (AvgIpc) is 3.25.